The van der Waals surface area contributed by atoms with Crippen LogP contribution in [0, 0.1) is 0 Å². The van der Waals surface area contributed by atoms with E-state index in [0.29, 0.717) is 16.3 Å². The number of halogens is 4. The van der Waals surface area contributed by atoms with E-state index in [-0.39, 0.29) is 23.6 Å². The Kier molecular flexibility index (Phi) is 6.25. The van der Waals surface area contributed by atoms with Gasteiger partial charge in [0.2, 0.25) is 0 Å². The summed E-state index contributed by atoms with van der Waals surface area (Å²) in [6, 6.07) is 10.1. The molecule has 0 unspecified atom stereocenters. The summed E-state index contributed by atoms with van der Waals surface area (Å²) < 4.78 is 59.9. The number of carbonyl (C=O) groups excluding carboxylic acids is 2. The lowest BCUT2D eigenvalue weighted by atomic mass is 10.3. The van der Waals surface area contributed by atoms with Gasteiger partial charge >= 0.3 is 5.97 Å². The normalized spacial score (nSPS) is 11.4. The molecule has 0 atom stereocenters. The molecule has 0 saturated heterocycles. The summed E-state index contributed by atoms with van der Waals surface area (Å²) in [5.74, 6) is -1.72. The predicted molar refractivity (Wildman–Crippen MR) is 110 cm³/mol. The van der Waals surface area contributed by atoms with Crippen LogP contribution in [-0.4, -0.2) is 42.9 Å². The van der Waals surface area contributed by atoms with Gasteiger partial charge in [0.1, 0.15) is 17.0 Å². The first-order valence-corrected chi connectivity index (χ1v) is 9.89. The predicted octanol–water partition coefficient (Wildman–Crippen LogP) is 4.22. The summed E-state index contributed by atoms with van der Waals surface area (Å²) in [5.41, 5.74) is -2.03. The van der Waals surface area contributed by atoms with Crippen LogP contribution in [0.4, 0.5) is 23.4 Å². The molecule has 176 valence electrons. The number of para-hydroxylation sites is 1. The van der Waals surface area contributed by atoms with Gasteiger partial charge in [0, 0.05) is 6.07 Å². The Morgan fingerprint density at radius 1 is 1.09 bits per heavy atom. The number of aromatic nitrogens is 5. The molecular weight excluding hydrogens is 460 g/mol. The summed E-state index contributed by atoms with van der Waals surface area (Å²) in [4.78, 5) is 28.9. The minimum Gasteiger partial charge on any atom is -0.462 e. The summed E-state index contributed by atoms with van der Waals surface area (Å²) in [6.45, 7) is 1.68. The van der Waals surface area contributed by atoms with E-state index in [1.54, 1.807) is 37.3 Å². The van der Waals surface area contributed by atoms with Crippen molar-refractivity contribution < 1.29 is 31.9 Å². The van der Waals surface area contributed by atoms with Crippen molar-refractivity contribution in [3.05, 3.63) is 71.3 Å². The molecule has 4 rings (SSSR count). The second-order valence-electron chi connectivity index (χ2n) is 6.84. The average molecular weight is 476 g/mol. The molecular formula is C21H16F4N6O3. The number of alkyl halides is 4. The molecule has 0 bridgehead atoms. The number of nitrogens with one attached hydrogen (secondary N) is 1. The molecule has 9 nitrogen and oxygen atoms in total. The van der Waals surface area contributed by atoms with Crippen LogP contribution in [0.2, 0.25) is 0 Å². The zero-order chi connectivity index (χ0) is 24.4. The number of carbonyl (C=O) groups is 2. The van der Waals surface area contributed by atoms with Gasteiger partial charge in [-0.3, -0.25) is 4.79 Å². The summed E-state index contributed by atoms with van der Waals surface area (Å²) in [6.07, 6.45) is -5.04. The van der Waals surface area contributed by atoms with E-state index in [9.17, 15) is 27.2 Å². The van der Waals surface area contributed by atoms with E-state index in [2.05, 4.69) is 20.5 Å². The van der Waals surface area contributed by atoms with Gasteiger partial charge in [-0.1, -0.05) is 18.2 Å². The van der Waals surface area contributed by atoms with Crippen molar-refractivity contribution in [2.75, 3.05) is 11.9 Å². The number of rotatable bonds is 7. The van der Waals surface area contributed by atoms with Crippen LogP contribution in [0.5, 0.6) is 0 Å². The van der Waals surface area contributed by atoms with E-state index in [1.165, 1.54) is 10.9 Å². The fraction of sp³-hybridized carbons (Fsp3) is 0.190. The van der Waals surface area contributed by atoms with Gasteiger partial charge in [-0.15, -0.1) is 0 Å². The van der Waals surface area contributed by atoms with Crippen LogP contribution in [-0.2, 0) is 4.74 Å². The highest BCUT2D eigenvalue weighted by molar-refractivity contribution is 6.07. The molecule has 1 amide bonds. The molecule has 1 aromatic carbocycles. The maximum Gasteiger partial charge on any atom is 0.343 e. The van der Waals surface area contributed by atoms with E-state index < -0.39 is 41.8 Å². The fourth-order valence-electron chi connectivity index (χ4n) is 3.16. The smallest absolute Gasteiger partial charge is 0.343 e. The number of ether oxygens (including phenoxy) is 1. The fourth-order valence-corrected chi connectivity index (χ4v) is 3.16. The molecule has 13 heteroatoms. The topological polar surface area (TPSA) is 103 Å². The Balaban J connectivity index is 1.76. The SMILES string of the molecule is CCOC(=O)c1cnn(-c2ccccc2)c1NC(=O)c1cc2nc(C(F)F)cc(C(F)F)n2n1. The number of anilines is 1. The number of nitrogens with zero attached hydrogens (tertiary/aromatic N) is 5. The van der Waals surface area contributed by atoms with Crippen molar-refractivity contribution in [2.24, 2.45) is 0 Å². The molecule has 0 saturated carbocycles. The molecule has 3 heterocycles. The lowest BCUT2D eigenvalue weighted by Gasteiger charge is -2.10. The molecule has 0 fully saturated rings. The Hall–Kier alpha value is -4.29. The quantitative estimate of drug-likeness (QED) is 0.317. The van der Waals surface area contributed by atoms with Crippen LogP contribution in [0.15, 0.2) is 48.7 Å². The van der Waals surface area contributed by atoms with Gasteiger partial charge in [0.05, 0.1) is 18.5 Å². The molecule has 3 aromatic heterocycles. The summed E-state index contributed by atoms with van der Waals surface area (Å²) in [5, 5.41) is 10.4. The second-order valence-corrected chi connectivity index (χ2v) is 6.84. The first-order valence-electron chi connectivity index (χ1n) is 9.89. The van der Waals surface area contributed by atoms with Crippen LogP contribution < -0.4 is 5.32 Å². The molecule has 0 aliphatic carbocycles. The van der Waals surface area contributed by atoms with Gasteiger partial charge in [-0.25, -0.2) is 36.5 Å². The molecule has 4 aromatic rings. The van der Waals surface area contributed by atoms with E-state index in [0.717, 1.165) is 6.07 Å². The zero-order valence-electron chi connectivity index (χ0n) is 17.5. The molecule has 0 radical (unpaired) electrons. The maximum absolute atomic E-state index is 13.4. The average Bonchev–Trinajstić information content (AvgIpc) is 3.43. The summed E-state index contributed by atoms with van der Waals surface area (Å²) in [7, 11) is 0. The molecule has 1 N–H and O–H groups in total. The first-order chi connectivity index (χ1) is 16.3. The Bertz CT molecular complexity index is 1350. The van der Waals surface area contributed by atoms with Gasteiger partial charge in [-0.2, -0.15) is 10.2 Å². The van der Waals surface area contributed by atoms with E-state index >= 15 is 0 Å². The van der Waals surface area contributed by atoms with Crippen molar-refractivity contribution in [1.82, 2.24) is 24.4 Å². The minimum absolute atomic E-state index is 0.0537. The third-order valence-electron chi connectivity index (χ3n) is 4.65. The molecule has 0 aliphatic heterocycles. The van der Waals surface area contributed by atoms with E-state index in [1.807, 2.05) is 0 Å². The Morgan fingerprint density at radius 2 is 1.82 bits per heavy atom. The largest absolute Gasteiger partial charge is 0.462 e. The number of amides is 1. The highest BCUT2D eigenvalue weighted by atomic mass is 19.3. The zero-order valence-corrected chi connectivity index (χ0v) is 17.5. The highest BCUT2D eigenvalue weighted by Crippen LogP contribution is 2.26. The van der Waals surface area contributed by atoms with Crippen LogP contribution in [0.3, 0.4) is 0 Å². The van der Waals surface area contributed by atoms with Crippen molar-refractivity contribution in [1.29, 1.82) is 0 Å². The number of hydrogen-bond donors (Lipinski definition) is 1. The van der Waals surface area contributed by atoms with Crippen molar-refractivity contribution in [3.63, 3.8) is 0 Å². The summed E-state index contributed by atoms with van der Waals surface area (Å²) >= 11 is 0. The van der Waals surface area contributed by atoms with Crippen molar-refractivity contribution in [2.45, 2.75) is 19.8 Å². The number of hydrogen-bond acceptors (Lipinski definition) is 6. The van der Waals surface area contributed by atoms with Crippen molar-refractivity contribution in [3.8, 4) is 5.69 Å². The monoisotopic (exact) mass is 476 g/mol. The molecule has 34 heavy (non-hydrogen) atoms. The van der Waals surface area contributed by atoms with Crippen molar-refractivity contribution >= 4 is 23.3 Å². The number of esters is 1. The molecule has 0 aliphatic rings. The van der Waals surface area contributed by atoms with Crippen LogP contribution in [0.25, 0.3) is 11.3 Å². The maximum atomic E-state index is 13.4. The lowest BCUT2D eigenvalue weighted by molar-refractivity contribution is 0.0527. The highest BCUT2D eigenvalue weighted by Gasteiger charge is 2.25. The van der Waals surface area contributed by atoms with Crippen LogP contribution >= 0.6 is 0 Å². The van der Waals surface area contributed by atoms with Gasteiger partial charge in [0.15, 0.2) is 17.2 Å². The third-order valence-corrected chi connectivity index (χ3v) is 4.65. The third kappa shape index (κ3) is 4.31. The van der Waals surface area contributed by atoms with Gasteiger partial charge in [0.25, 0.3) is 18.8 Å². The van der Waals surface area contributed by atoms with Crippen LogP contribution in [0.1, 0.15) is 52.0 Å². The standard InChI is InChI=1S/C21H16F4N6O3/c1-2-34-21(33)12-10-26-30(11-6-4-3-5-7-11)19(12)28-20(32)14-9-16-27-13(17(22)23)8-15(18(24)25)31(16)29-14/h3-10,17-18H,2H2,1H3,(H,28,32). The minimum atomic E-state index is -3.14. The molecule has 0 spiro atoms. The lowest BCUT2D eigenvalue weighted by Crippen LogP contribution is -2.18. The number of benzene rings is 1. The van der Waals surface area contributed by atoms with Gasteiger partial charge in [-0.05, 0) is 25.1 Å². The van der Waals surface area contributed by atoms with Gasteiger partial charge < -0.3 is 10.1 Å². The van der Waals surface area contributed by atoms with E-state index in [4.69, 9.17) is 4.74 Å². The number of fused-ring (bicyclic) bond motifs is 1. The second kappa shape index (κ2) is 9.29. The Morgan fingerprint density at radius 3 is 2.47 bits per heavy atom. The first kappa shape index (κ1) is 22.9. The Labute approximate surface area is 189 Å².